The zero-order chi connectivity index (χ0) is 27.1. The maximum Gasteiger partial charge on any atom is 0.320 e. The highest BCUT2D eigenvalue weighted by Gasteiger charge is 2.22. The molecular formula is C28H37Cl2N7O. The molecule has 1 aliphatic carbocycles. The zero-order valence-corrected chi connectivity index (χ0v) is 23.7. The van der Waals surface area contributed by atoms with Crippen molar-refractivity contribution in [1.29, 1.82) is 0 Å². The van der Waals surface area contributed by atoms with Gasteiger partial charge in [0.05, 0.1) is 10.0 Å². The van der Waals surface area contributed by atoms with E-state index in [0.29, 0.717) is 45.1 Å². The van der Waals surface area contributed by atoms with Crippen LogP contribution in [0.2, 0.25) is 10.0 Å². The van der Waals surface area contributed by atoms with Crippen LogP contribution >= 0.6 is 23.2 Å². The van der Waals surface area contributed by atoms with E-state index in [1.807, 2.05) is 6.07 Å². The smallest absolute Gasteiger partial charge is 0.320 e. The fraction of sp³-hybridized carbons (Fsp3) is 0.500. The van der Waals surface area contributed by atoms with Gasteiger partial charge in [0, 0.05) is 41.3 Å². The van der Waals surface area contributed by atoms with Crippen molar-refractivity contribution in [2.24, 2.45) is 5.73 Å². The first kappa shape index (κ1) is 28.3. The molecule has 1 aromatic carbocycles. The van der Waals surface area contributed by atoms with Gasteiger partial charge < -0.3 is 16.0 Å². The first-order valence-corrected chi connectivity index (χ1v) is 14.4. The van der Waals surface area contributed by atoms with Crippen LogP contribution in [0.15, 0.2) is 30.5 Å². The van der Waals surface area contributed by atoms with Gasteiger partial charge in [-0.3, -0.25) is 5.32 Å². The number of benzene rings is 1. The molecule has 1 atom stereocenters. The molecule has 1 unspecified atom stereocenters. The van der Waals surface area contributed by atoms with Gasteiger partial charge in [-0.1, -0.05) is 55.5 Å². The Bertz CT molecular complexity index is 1230. The summed E-state index contributed by atoms with van der Waals surface area (Å²) < 4.78 is 0. The minimum atomic E-state index is -0.300. The molecule has 1 fully saturated rings. The molecule has 0 bridgehead atoms. The van der Waals surface area contributed by atoms with Crippen molar-refractivity contribution >= 4 is 52.0 Å². The molecule has 1 aliphatic rings. The van der Waals surface area contributed by atoms with Crippen LogP contribution in [0.1, 0.15) is 65.2 Å². The molecule has 10 heteroatoms. The number of hydrogen-bond acceptors (Lipinski definition) is 6. The van der Waals surface area contributed by atoms with Gasteiger partial charge in [-0.25, -0.2) is 14.8 Å². The van der Waals surface area contributed by atoms with Gasteiger partial charge in [-0.2, -0.15) is 4.98 Å². The van der Waals surface area contributed by atoms with Crippen LogP contribution in [0, 0.1) is 0 Å². The van der Waals surface area contributed by atoms with Crippen molar-refractivity contribution in [3.8, 4) is 11.1 Å². The van der Waals surface area contributed by atoms with E-state index >= 15 is 0 Å². The number of halogens is 2. The second-order valence-electron chi connectivity index (χ2n) is 9.78. The minimum Gasteiger partial charge on any atom is -0.338 e. The number of aromatic nitrogens is 3. The van der Waals surface area contributed by atoms with E-state index in [4.69, 9.17) is 38.9 Å². The van der Waals surface area contributed by atoms with Gasteiger partial charge >= 0.3 is 6.03 Å². The van der Waals surface area contributed by atoms with E-state index < -0.39 is 0 Å². The molecule has 2 heterocycles. The van der Waals surface area contributed by atoms with Crippen LogP contribution in [0.3, 0.4) is 0 Å². The van der Waals surface area contributed by atoms with Gasteiger partial charge in [0.1, 0.15) is 5.82 Å². The largest absolute Gasteiger partial charge is 0.338 e. The molecule has 0 spiro atoms. The monoisotopic (exact) mass is 557 g/mol. The normalized spacial score (nSPS) is 14.9. The summed E-state index contributed by atoms with van der Waals surface area (Å²) >= 11 is 13.1. The lowest BCUT2D eigenvalue weighted by Crippen LogP contribution is -2.39. The summed E-state index contributed by atoms with van der Waals surface area (Å²) in [6.07, 6.45) is 10.0. The molecule has 204 valence electrons. The average Bonchev–Trinajstić information content (AvgIpc) is 2.91. The number of carbonyl (C=O) groups is 1. The average molecular weight is 559 g/mol. The first-order valence-electron chi connectivity index (χ1n) is 13.6. The third-order valence-corrected chi connectivity index (χ3v) is 7.84. The minimum absolute atomic E-state index is 0.156. The Morgan fingerprint density at radius 3 is 2.55 bits per heavy atom. The first-order chi connectivity index (χ1) is 18.4. The number of hydrogen-bond donors (Lipinski definition) is 3. The SMILES string of the molecule is CCC(CCCN)N(CC)c1ncc2cc(-c3c(Cl)cccc3Cl)c(NC(=O)NC3CCCCC3)nc2n1. The molecule has 4 rings (SSSR count). The van der Waals surface area contributed by atoms with Gasteiger partial charge in [-0.05, 0) is 63.8 Å². The van der Waals surface area contributed by atoms with Crippen molar-refractivity contribution in [2.75, 3.05) is 23.3 Å². The molecule has 38 heavy (non-hydrogen) atoms. The van der Waals surface area contributed by atoms with E-state index in [2.05, 4.69) is 34.4 Å². The number of nitrogens with two attached hydrogens (primary N) is 1. The summed E-state index contributed by atoms with van der Waals surface area (Å²) in [4.78, 5) is 29.5. The standard InChI is InChI=1S/C28H37Cl2N7O/c1-3-20(12-9-15-31)37(4-2)27-32-17-18-16-21(24-22(29)13-8-14-23(24)30)26(34-25(18)35-27)36-28(38)33-19-10-6-5-7-11-19/h8,13-14,16-17,19-20H,3-7,9-12,15,31H2,1-2H3,(H2,32,33,34,35,36,38). The lowest BCUT2D eigenvalue weighted by Gasteiger charge is -2.30. The molecule has 1 saturated carbocycles. The summed E-state index contributed by atoms with van der Waals surface area (Å²) in [7, 11) is 0. The van der Waals surface area contributed by atoms with Gasteiger partial charge in [-0.15, -0.1) is 0 Å². The zero-order valence-electron chi connectivity index (χ0n) is 22.1. The molecule has 4 N–H and O–H groups in total. The highest BCUT2D eigenvalue weighted by atomic mass is 35.5. The number of urea groups is 1. The lowest BCUT2D eigenvalue weighted by molar-refractivity contribution is 0.244. The predicted octanol–water partition coefficient (Wildman–Crippen LogP) is 6.80. The molecule has 2 amide bonds. The summed E-state index contributed by atoms with van der Waals surface area (Å²) in [5, 5.41) is 7.72. The van der Waals surface area contributed by atoms with E-state index in [1.54, 1.807) is 24.4 Å². The summed E-state index contributed by atoms with van der Waals surface area (Å²) in [6, 6.07) is 7.34. The number of pyridine rings is 1. The molecule has 2 aromatic heterocycles. The van der Waals surface area contributed by atoms with Crippen LogP contribution in [0.25, 0.3) is 22.2 Å². The second kappa shape index (κ2) is 13.4. The fourth-order valence-corrected chi connectivity index (χ4v) is 5.81. The number of rotatable bonds is 10. The predicted molar refractivity (Wildman–Crippen MR) is 157 cm³/mol. The number of nitrogens with one attached hydrogen (secondary N) is 2. The van der Waals surface area contributed by atoms with Gasteiger partial charge in [0.2, 0.25) is 5.95 Å². The van der Waals surface area contributed by atoms with Crippen LogP contribution in [-0.2, 0) is 0 Å². The Hall–Kier alpha value is -2.68. The van der Waals surface area contributed by atoms with Crippen LogP contribution in [-0.4, -0.2) is 46.2 Å². The molecular weight excluding hydrogens is 521 g/mol. The lowest BCUT2D eigenvalue weighted by atomic mass is 9.96. The van der Waals surface area contributed by atoms with Crippen molar-refractivity contribution in [3.05, 3.63) is 40.5 Å². The Balaban J connectivity index is 1.74. The van der Waals surface area contributed by atoms with Gasteiger partial charge in [0.15, 0.2) is 5.65 Å². The van der Waals surface area contributed by atoms with Gasteiger partial charge in [0.25, 0.3) is 0 Å². The summed E-state index contributed by atoms with van der Waals surface area (Å²) in [6.45, 7) is 5.67. The molecule has 0 aliphatic heterocycles. The number of amides is 2. The maximum atomic E-state index is 13.0. The van der Waals surface area contributed by atoms with E-state index in [9.17, 15) is 4.79 Å². The summed E-state index contributed by atoms with van der Waals surface area (Å²) in [5.74, 6) is 0.959. The molecule has 8 nitrogen and oxygen atoms in total. The summed E-state index contributed by atoms with van der Waals surface area (Å²) in [5.41, 5.74) is 7.47. The Morgan fingerprint density at radius 2 is 1.89 bits per heavy atom. The van der Waals surface area contributed by atoms with Crippen LogP contribution in [0.4, 0.5) is 16.6 Å². The number of carbonyl (C=O) groups excluding carboxylic acids is 1. The topological polar surface area (TPSA) is 109 Å². The highest BCUT2D eigenvalue weighted by Crippen LogP contribution is 2.39. The molecule has 3 aromatic rings. The van der Waals surface area contributed by atoms with Crippen LogP contribution in [0.5, 0.6) is 0 Å². The molecule has 0 radical (unpaired) electrons. The Labute approximate surface area is 234 Å². The van der Waals surface area contributed by atoms with Crippen molar-refractivity contribution < 1.29 is 4.79 Å². The number of fused-ring (bicyclic) bond motifs is 1. The van der Waals surface area contributed by atoms with E-state index in [1.165, 1.54) is 6.42 Å². The van der Waals surface area contributed by atoms with E-state index in [-0.39, 0.29) is 18.1 Å². The molecule has 0 saturated heterocycles. The third kappa shape index (κ3) is 6.65. The Kier molecular flexibility index (Phi) is 9.99. The highest BCUT2D eigenvalue weighted by molar-refractivity contribution is 6.39. The quantitative estimate of drug-likeness (QED) is 0.253. The van der Waals surface area contributed by atoms with E-state index in [0.717, 1.165) is 56.9 Å². The van der Waals surface area contributed by atoms with Crippen molar-refractivity contribution in [3.63, 3.8) is 0 Å². The Morgan fingerprint density at radius 1 is 1.16 bits per heavy atom. The second-order valence-corrected chi connectivity index (χ2v) is 10.6. The van der Waals surface area contributed by atoms with Crippen molar-refractivity contribution in [2.45, 2.75) is 77.3 Å². The fourth-order valence-electron chi connectivity index (χ4n) is 5.21. The number of nitrogens with zero attached hydrogens (tertiary/aromatic N) is 4. The third-order valence-electron chi connectivity index (χ3n) is 7.21. The van der Waals surface area contributed by atoms with Crippen LogP contribution < -0.4 is 21.3 Å². The number of anilines is 2. The maximum absolute atomic E-state index is 13.0. The van der Waals surface area contributed by atoms with Crippen molar-refractivity contribution in [1.82, 2.24) is 20.3 Å².